The van der Waals surface area contributed by atoms with E-state index in [1.807, 2.05) is 87.5 Å². The standard InChI is InChI=1S/C27H31BrN2O3/c1-4-23(27(32)29-16-19(2)3)30(17-20-10-6-5-7-11-20)25(31)18-33-24-15-14-21-12-8-9-13-22(21)26(24)28/h5-15,19,23H,4,16-18H2,1-3H3,(H,29,32)/t23-/m0/s1. The lowest BCUT2D eigenvalue weighted by molar-refractivity contribution is -0.143. The Morgan fingerprint density at radius 1 is 1.00 bits per heavy atom. The number of amides is 2. The molecule has 3 rings (SSSR count). The van der Waals surface area contributed by atoms with Crippen LogP contribution in [0.1, 0.15) is 32.8 Å². The summed E-state index contributed by atoms with van der Waals surface area (Å²) >= 11 is 3.61. The van der Waals surface area contributed by atoms with Crippen LogP contribution in [0.15, 0.2) is 71.2 Å². The zero-order chi connectivity index (χ0) is 23.8. The van der Waals surface area contributed by atoms with Crippen molar-refractivity contribution in [3.05, 3.63) is 76.8 Å². The van der Waals surface area contributed by atoms with Crippen LogP contribution >= 0.6 is 15.9 Å². The summed E-state index contributed by atoms with van der Waals surface area (Å²) in [5.74, 6) is 0.560. The van der Waals surface area contributed by atoms with E-state index in [-0.39, 0.29) is 18.4 Å². The van der Waals surface area contributed by atoms with Crippen molar-refractivity contribution >= 4 is 38.5 Å². The quantitative estimate of drug-likeness (QED) is 0.388. The predicted molar refractivity (Wildman–Crippen MR) is 136 cm³/mol. The van der Waals surface area contributed by atoms with Crippen molar-refractivity contribution < 1.29 is 14.3 Å². The molecule has 3 aromatic rings. The molecule has 0 saturated heterocycles. The van der Waals surface area contributed by atoms with Gasteiger partial charge in [0.15, 0.2) is 6.61 Å². The lowest BCUT2D eigenvalue weighted by atomic mass is 10.1. The number of hydrogen-bond donors (Lipinski definition) is 1. The van der Waals surface area contributed by atoms with Crippen molar-refractivity contribution in [2.24, 2.45) is 5.92 Å². The molecule has 174 valence electrons. The number of hydrogen-bond acceptors (Lipinski definition) is 3. The molecule has 0 bridgehead atoms. The number of nitrogens with one attached hydrogen (secondary N) is 1. The number of benzene rings is 3. The summed E-state index contributed by atoms with van der Waals surface area (Å²) in [6.45, 7) is 6.77. The van der Waals surface area contributed by atoms with Gasteiger partial charge in [0.05, 0.1) is 4.47 Å². The first kappa shape index (κ1) is 24.8. The molecule has 6 heteroatoms. The van der Waals surface area contributed by atoms with Gasteiger partial charge < -0.3 is 15.0 Å². The zero-order valence-electron chi connectivity index (χ0n) is 19.4. The number of rotatable bonds is 10. The molecule has 0 aliphatic carbocycles. The van der Waals surface area contributed by atoms with Crippen LogP contribution < -0.4 is 10.1 Å². The maximum Gasteiger partial charge on any atom is 0.261 e. The van der Waals surface area contributed by atoms with Gasteiger partial charge in [-0.2, -0.15) is 0 Å². The predicted octanol–water partition coefficient (Wildman–Crippen LogP) is 5.56. The molecule has 0 radical (unpaired) electrons. The molecule has 0 heterocycles. The maximum absolute atomic E-state index is 13.3. The molecule has 1 atom stereocenters. The van der Waals surface area contributed by atoms with Crippen LogP contribution in [0.3, 0.4) is 0 Å². The van der Waals surface area contributed by atoms with Crippen LogP contribution in [-0.2, 0) is 16.1 Å². The molecule has 0 aliphatic heterocycles. The van der Waals surface area contributed by atoms with Crippen molar-refractivity contribution in [2.75, 3.05) is 13.2 Å². The second-order valence-corrected chi connectivity index (χ2v) is 9.25. The Morgan fingerprint density at radius 3 is 2.39 bits per heavy atom. The Balaban J connectivity index is 1.79. The van der Waals surface area contributed by atoms with Crippen molar-refractivity contribution in [1.29, 1.82) is 0 Å². The smallest absolute Gasteiger partial charge is 0.261 e. The van der Waals surface area contributed by atoms with E-state index in [2.05, 4.69) is 21.2 Å². The minimum Gasteiger partial charge on any atom is -0.483 e. The van der Waals surface area contributed by atoms with Crippen molar-refractivity contribution in [2.45, 2.75) is 39.8 Å². The van der Waals surface area contributed by atoms with Gasteiger partial charge in [-0.05, 0) is 50.7 Å². The Labute approximate surface area is 204 Å². The number of carbonyl (C=O) groups is 2. The lowest BCUT2D eigenvalue weighted by Gasteiger charge is -2.31. The van der Waals surface area contributed by atoms with E-state index in [1.54, 1.807) is 4.90 Å². The van der Waals surface area contributed by atoms with Gasteiger partial charge in [-0.3, -0.25) is 9.59 Å². The third kappa shape index (κ3) is 6.57. The van der Waals surface area contributed by atoms with Gasteiger partial charge in [0, 0.05) is 13.1 Å². The summed E-state index contributed by atoms with van der Waals surface area (Å²) in [5, 5.41) is 5.08. The van der Waals surface area contributed by atoms with Crippen LogP contribution in [0.25, 0.3) is 10.8 Å². The van der Waals surface area contributed by atoms with Crippen molar-refractivity contribution in [3.8, 4) is 5.75 Å². The first-order valence-corrected chi connectivity index (χ1v) is 12.1. The highest BCUT2D eigenvalue weighted by molar-refractivity contribution is 9.10. The third-order valence-electron chi connectivity index (χ3n) is 5.45. The Kier molecular flexibility index (Phi) is 8.89. The van der Waals surface area contributed by atoms with Crippen LogP contribution in [0.2, 0.25) is 0 Å². The van der Waals surface area contributed by atoms with Gasteiger partial charge in [0.25, 0.3) is 5.91 Å². The monoisotopic (exact) mass is 510 g/mol. The van der Waals surface area contributed by atoms with Gasteiger partial charge in [-0.15, -0.1) is 0 Å². The van der Waals surface area contributed by atoms with Crippen molar-refractivity contribution in [3.63, 3.8) is 0 Å². The maximum atomic E-state index is 13.3. The summed E-state index contributed by atoms with van der Waals surface area (Å²) in [7, 11) is 0. The van der Waals surface area contributed by atoms with Crippen LogP contribution in [-0.4, -0.2) is 35.9 Å². The van der Waals surface area contributed by atoms with Gasteiger partial charge in [-0.1, -0.05) is 81.4 Å². The lowest BCUT2D eigenvalue weighted by Crippen LogP contribution is -2.50. The molecule has 1 N–H and O–H groups in total. The van der Waals surface area contributed by atoms with Crippen molar-refractivity contribution in [1.82, 2.24) is 10.2 Å². The fourth-order valence-electron chi connectivity index (χ4n) is 3.67. The second-order valence-electron chi connectivity index (χ2n) is 8.46. The molecule has 0 aliphatic rings. The Morgan fingerprint density at radius 2 is 1.70 bits per heavy atom. The first-order chi connectivity index (χ1) is 15.9. The van der Waals surface area contributed by atoms with Gasteiger partial charge in [-0.25, -0.2) is 0 Å². The van der Waals surface area contributed by atoms with E-state index < -0.39 is 6.04 Å². The molecular weight excluding hydrogens is 480 g/mol. The molecule has 3 aromatic carbocycles. The minimum absolute atomic E-state index is 0.137. The molecule has 0 aromatic heterocycles. The SMILES string of the molecule is CC[C@@H](C(=O)NCC(C)C)N(Cc1ccccc1)C(=O)COc1ccc2ccccc2c1Br. The normalized spacial score (nSPS) is 11.9. The van der Waals surface area contributed by atoms with Crippen LogP contribution in [0.5, 0.6) is 5.75 Å². The van der Waals surface area contributed by atoms with E-state index >= 15 is 0 Å². The third-order valence-corrected chi connectivity index (χ3v) is 6.26. The average molecular weight is 511 g/mol. The summed E-state index contributed by atoms with van der Waals surface area (Å²) in [6, 6.07) is 20.9. The second kappa shape index (κ2) is 11.8. The highest BCUT2D eigenvalue weighted by Gasteiger charge is 2.29. The highest BCUT2D eigenvalue weighted by atomic mass is 79.9. The van der Waals surface area contributed by atoms with Gasteiger partial charge in [0.1, 0.15) is 11.8 Å². The Bertz CT molecular complexity index is 1090. The minimum atomic E-state index is -0.569. The topological polar surface area (TPSA) is 58.6 Å². The number of carbonyl (C=O) groups excluding carboxylic acids is 2. The molecule has 0 spiro atoms. The number of halogens is 1. The van der Waals surface area contributed by atoms with E-state index in [0.717, 1.165) is 20.8 Å². The zero-order valence-corrected chi connectivity index (χ0v) is 21.0. The number of fused-ring (bicyclic) bond motifs is 1. The molecule has 0 unspecified atom stereocenters. The molecule has 0 saturated carbocycles. The van der Waals surface area contributed by atoms with E-state index in [0.29, 0.717) is 31.2 Å². The summed E-state index contributed by atoms with van der Waals surface area (Å²) in [4.78, 5) is 27.9. The fraction of sp³-hybridized carbons (Fsp3) is 0.333. The Hall–Kier alpha value is -2.86. The largest absolute Gasteiger partial charge is 0.483 e. The van der Waals surface area contributed by atoms with E-state index in [4.69, 9.17) is 4.74 Å². The van der Waals surface area contributed by atoms with Crippen LogP contribution in [0, 0.1) is 5.92 Å². The molecule has 2 amide bonds. The summed E-state index contributed by atoms with van der Waals surface area (Å²) in [6.07, 6.45) is 0.516. The van der Waals surface area contributed by atoms with Gasteiger partial charge >= 0.3 is 0 Å². The molecule has 5 nitrogen and oxygen atoms in total. The van der Waals surface area contributed by atoms with Gasteiger partial charge in [0.2, 0.25) is 5.91 Å². The molecular formula is C27H31BrN2O3. The average Bonchev–Trinajstić information content (AvgIpc) is 2.82. The highest BCUT2D eigenvalue weighted by Crippen LogP contribution is 2.33. The first-order valence-electron chi connectivity index (χ1n) is 11.3. The summed E-state index contributed by atoms with van der Waals surface area (Å²) in [5.41, 5.74) is 0.966. The van der Waals surface area contributed by atoms with E-state index in [1.165, 1.54) is 0 Å². The fourth-order valence-corrected chi connectivity index (χ4v) is 4.28. The number of nitrogens with zero attached hydrogens (tertiary/aromatic N) is 1. The molecule has 33 heavy (non-hydrogen) atoms. The van der Waals surface area contributed by atoms with E-state index in [9.17, 15) is 9.59 Å². The molecule has 0 fully saturated rings. The summed E-state index contributed by atoms with van der Waals surface area (Å²) < 4.78 is 6.74. The van der Waals surface area contributed by atoms with Crippen LogP contribution in [0.4, 0.5) is 0 Å². The number of ether oxygens (including phenoxy) is 1.